The van der Waals surface area contributed by atoms with Gasteiger partial charge in [-0.05, 0) is 95.1 Å². The Hall–Kier alpha value is -9.08. The van der Waals surface area contributed by atoms with Gasteiger partial charge in [-0.2, -0.15) is 0 Å². The topological polar surface area (TPSA) is 116 Å². The lowest BCUT2D eigenvalue weighted by Crippen LogP contribution is -2.01. The summed E-state index contributed by atoms with van der Waals surface area (Å²) in [4.78, 5) is 39.9. The van der Waals surface area contributed by atoms with Gasteiger partial charge in [-0.3, -0.25) is 24.9 Å². The molecule has 7 aromatic heterocycles. The first-order valence-electron chi connectivity index (χ1n) is 21.3. The molecule has 0 radical (unpaired) electrons. The van der Waals surface area contributed by atoms with Gasteiger partial charge in [0.15, 0.2) is 17.5 Å². The van der Waals surface area contributed by atoms with Crippen LogP contribution < -0.4 is 0 Å². The second-order valence-corrected chi connectivity index (χ2v) is 16.0. The van der Waals surface area contributed by atoms with E-state index in [0.29, 0.717) is 23.1 Å². The molecule has 0 bridgehead atoms. The minimum absolute atomic E-state index is 0.487. The van der Waals surface area contributed by atoms with Gasteiger partial charge in [0, 0.05) is 91.8 Å². The standard InChI is InChI=1S/C56H32N8O/c1-2-17-48-41(12-1)42-13-3-14-45(53(42)65-48)56-63-54(34-20-18-33(19-21-34)37-11-4-22-57-32-37)62-55(64-56)40-28-38(49-43-15-7-23-58-46(43)30-35-9-5-25-60-51(35)49)27-39(29-40)50-44-16-8-24-59-47(44)31-36-10-6-26-61-52(36)50/h1-32H. The first kappa shape index (κ1) is 36.6. The molecule has 0 amide bonds. The number of furan rings is 1. The van der Waals surface area contributed by atoms with Crippen LogP contribution in [0.4, 0.5) is 0 Å². The summed E-state index contributed by atoms with van der Waals surface area (Å²) in [5.41, 5.74) is 13.2. The summed E-state index contributed by atoms with van der Waals surface area (Å²) in [6.45, 7) is 0. The Labute approximate surface area is 370 Å². The summed E-state index contributed by atoms with van der Waals surface area (Å²) in [7, 11) is 0. The Morgan fingerprint density at radius 3 is 1.58 bits per heavy atom. The van der Waals surface area contributed by atoms with Crippen molar-refractivity contribution in [1.29, 1.82) is 0 Å². The molecule has 0 saturated heterocycles. The van der Waals surface area contributed by atoms with E-state index in [1.54, 1.807) is 6.20 Å². The molecule has 9 heteroatoms. The van der Waals surface area contributed by atoms with E-state index in [4.69, 9.17) is 39.3 Å². The highest BCUT2D eigenvalue weighted by Crippen LogP contribution is 2.43. The predicted molar refractivity (Wildman–Crippen MR) is 259 cm³/mol. The Morgan fingerprint density at radius 2 is 0.908 bits per heavy atom. The molecule has 9 nitrogen and oxygen atoms in total. The Balaban J connectivity index is 1.12. The quantitative estimate of drug-likeness (QED) is 0.151. The van der Waals surface area contributed by atoms with Crippen molar-refractivity contribution in [2.75, 3.05) is 0 Å². The number of rotatable bonds is 6. The van der Waals surface area contributed by atoms with E-state index in [-0.39, 0.29) is 0 Å². The van der Waals surface area contributed by atoms with Crippen LogP contribution in [-0.2, 0) is 0 Å². The molecule has 0 aliphatic rings. The smallest absolute Gasteiger partial charge is 0.167 e. The van der Waals surface area contributed by atoms with Gasteiger partial charge in [-0.15, -0.1) is 0 Å². The third-order valence-corrected chi connectivity index (χ3v) is 12.1. The van der Waals surface area contributed by atoms with E-state index in [1.165, 1.54) is 0 Å². The SMILES string of the molecule is c1cncc(-c2ccc(-c3nc(-c4cc(-c5c6cccnc6cc6cccnc56)cc(-c5c6cccnc6cc6cccnc56)c4)nc(-c4cccc5c4oc4ccccc45)n3)cc2)c1. The lowest BCUT2D eigenvalue weighted by atomic mass is 9.90. The second-order valence-electron chi connectivity index (χ2n) is 16.0. The molecule has 0 fully saturated rings. The fourth-order valence-corrected chi connectivity index (χ4v) is 9.18. The first-order valence-corrected chi connectivity index (χ1v) is 21.3. The molecule has 0 spiro atoms. The highest BCUT2D eigenvalue weighted by Gasteiger charge is 2.22. The zero-order valence-electron chi connectivity index (χ0n) is 34.5. The summed E-state index contributed by atoms with van der Waals surface area (Å²) < 4.78 is 6.58. The van der Waals surface area contributed by atoms with Gasteiger partial charge in [-0.25, -0.2) is 15.0 Å². The first-order chi connectivity index (χ1) is 32.2. The van der Waals surface area contributed by atoms with Crippen molar-refractivity contribution in [1.82, 2.24) is 39.9 Å². The van der Waals surface area contributed by atoms with Gasteiger partial charge < -0.3 is 4.42 Å². The number of para-hydroxylation sites is 2. The fraction of sp³-hybridized carbons (Fsp3) is 0. The number of hydrogen-bond donors (Lipinski definition) is 0. The van der Waals surface area contributed by atoms with E-state index >= 15 is 0 Å². The van der Waals surface area contributed by atoms with Crippen molar-refractivity contribution >= 4 is 65.6 Å². The molecular weight excluding hydrogens is 801 g/mol. The molecule has 6 aromatic carbocycles. The van der Waals surface area contributed by atoms with E-state index in [1.807, 2.05) is 91.6 Å². The molecule has 13 rings (SSSR count). The monoisotopic (exact) mass is 832 g/mol. The molecule has 65 heavy (non-hydrogen) atoms. The van der Waals surface area contributed by atoms with Gasteiger partial charge in [0.05, 0.1) is 27.6 Å². The van der Waals surface area contributed by atoms with Crippen LogP contribution in [0.1, 0.15) is 0 Å². The van der Waals surface area contributed by atoms with Crippen LogP contribution in [0.3, 0.4) is 0 Å². The van der Waals surface area contributed by atoms with Crippen LogP contribution in [0.15, 0.2) is 199 Å². The number of aromatic nitrogens is 8. The van der Waals surface area contributed by atoms with E-state index in [0.717, 1.165) is 110 Å². The Kier molecular flexibility index (Phi) is 8.32. The number of nitrogens with zero attached hydrogens (tertiary/aromatic N) is 8. The molecule has 7 heterocycles. The molecule has 0 atom stereocenters. The highest BCUT2D eigenvalue weighted by molar-refractivity contribution is 6.14. The van der Waals surface area contributed by atoms with Crippen LogP contribution in [-0.4, -0.2) is 39.9 Å². The molecule has 13 aromatic rings. The van der Waals surface area contributed by atoms with E-state index in [9.17, 15) is 0 Å². The average molecular weight is 833 g/mol. The largest absolute Gasteiger partial charge is 0.455 e. The lowest BCUT2D eigenvalue weighted by molar-refractivity contribution is 0.669. The molecule has 302 valence electrons. The molecule has 0 N–H and O–H groups in total. The maximum atomic E-state index is 6.58. The fourth-order valence-electron chi connectivity index (χ4n) is 9.18. The number of hydrogen-bond acceptors (Lipinski definition) is 9. The molecule has 0 aliphatic heterocycles. The number of fused-ring (bicyclic) bond motifs is 7. The minimum Gasteiger partial charge on any atom is -0.455 e. The van der Waals surface area contributed by atoms with Gasteiger partial charge in [0.2, 0.25) is 0 Å². The zero-order valence-corrected chi connectivity index (χ0v) is 34.5. The molecule has 0 aliphatic carbocycles. The Bertz CT molecular complexity index is 3770. The van der Waals surface area contributed by atoms with E-state index in [2.05, 4.69) is 102 Å². The van der Waals surface area contributed by atoms with Crippen LogP contribution in [0, 0.1) is 0 Å². The van der Waals surface area contributed by atoms with Crippen molar-refractivity contribution in [3.05, 3.63) is 195 Å². The Morgan fingerprint density at radius 1 is 0.354 bits per heavy atom. The van der Waals surface area contributed by atoms with Gasteiger partial charge >= 0.3 is 0 Å². The lowest BCUT2D eigenvalue weighted by Gasteiger charge is -2.16. The second kappa shape index (κ2) is 14.8. The van der Waals surface area contributed by atoms with Crippen molar-refractivity contribution in [3.8, 4) is 67.5 Å². The van der Waals surface area contributed by atoms with Crippen molar-refractivity contribution in [3.63, 3.8) is 0 Å². The summed E-state index contributed by atoms with van der Waals surface area (Å²) in [6, 6.07) is 53.5. The summed E-state index contributed by atoms with van der Waals surface area (Å²) >= 11 is 0. The average Bonchev–Trinajstić information content (AvgIpc) is 3.76. The van der Waals surface area contributed by atoms with Gasteiger partial charge in [-0.1, -0.05) is 84.9 Å². The van der Waals surface area contributed by atoms with Gasteiger partial charge in [0.1, 0.15) is 11.2 Å². The maximum absolute atomic E-state index is 6.58. The van der Waals surface area contributed by atoms with Crippen molar-refractivity contribution < 1.29 is 4.42 Å². The normalized spacial score (nSPS) is 11.7. The number of benzene rings is 6. The summed E-state index contributed by atoms with van der Waals surface area (Å²) in [5.74, 6) is 1.50. The highest BCUT2D eigenvalue weighted by atomic mass is 16.3. The van der Waals surface area contributed by atoms with E-state index < -0.39 is 0 Å². The summed E-state index contributed by atoms with van der Waals surface area (Å²) in [6.07, 6.45) is 11.0. The molecule has 0 saturated carbocycles. The third kappa shape index (κ3) is 6.17. The van der Waals surface area contributed by atoms with Crippen molar-refractivity contribution in [2.45, 2.75) is 0 Å². The maximum Gasteiger partial charge on any atom is 0.167 e. The van der Waals surface area contributed by atoms with Crippen LogP contribution in [0.5, 0.6) is 0 Å². The van der Waals surface area contributed by atoms with Crippen LogP contribution in [0.25, 0.3) is 133 Å². The zero-order chi connectivity index (χ0) is 42.8. The van der Waals surface area contributed by atoms with Crippen LogP contribution in [0.2, 0.25) is 0 Å². The molecule has 0 unspecified atom stereocenters. The third-order valence-electron chi connectivity index (χ3n) is 12.1. The predicted octanol–water partition coefficient (Wildman–Crippen LogP) is 13.4. The van der Waals surface area contributed by atoms with Crippen molar-refractivity contribution in [2.24, 2.45) is 0 Å². The minimum atomic E-state index is 0.487. The molecular formula is C56H32N8O. The van der Waals surface area contributed by atoms with Crippen LogP contribution >= 0.6 is 0 Å². The summed E-state index contributed by atoms with van der Waals surface area (Å²) in [5, 5.41) is 5.94. The number of pyridine rings is 5. The van der Waals surface area contributed by atoms with Gasteiger partial charge in [0.25, 0.3) is 0 Å².